The third-order valence-corrected chi connectivity index (χ3v) is 5.25. The van der Waals surface area contributed by atoms with Gasteiger partial charge in [-0.25, -0.2) is 0 Å². The van der Waals surface area contributed by atoms with Crippen LogP contribution in [-0.2, 0) is 9.47 Å². The number of hydrogen-bond acceptors (Lipinski definition) is 5. The highest BCUT2D eigenvalue weighted by molar-refractivity contribution is 14.0. The van der Waals surface area contributed by atoms with E-state index in [1.807, 2.05) is 38.1 Å². The molecule has 8 heteroatoms. The maximum atomic E-state index is 6.08. The lowest BCUT2D eigenvalue weighted by atomic mass is 9.94. The van der Waals surface area contributed by atoms with Gasteiger partial charge < -0.3 is 29.3 Å². The van der Waals surface area contributed by atoms with Gasteiger partial charge >= 0.3 is 0 Å². The van der Waals surface area contributed by atoms with E-state index in [9.17, 15) is 0 Å². The van der Waals surface area contributed by atoms with E-state index in [1.165, 1.54) is 0 Å². The van der Waals surface area contributed by atoms with Crippen molar-refractivity contribution in [1.82, 2.24) is 10.6 Å². The highest BCUT2D eigenvalue weighted by Crippen LogP contribution is 2.31. The largest absolute Gasteiger partial charge is 0.490 e. The molecule has 7 nitrogen and oxygen atoms in total. The molecule has 1 aliphatic heterocycles. The van der Waals surface area contributed by atoms with Gasteiger partial charge in [0, 0.05) is 52.1 Å². The van der Waals surface area contributed by atoms with Gasteiger partial charge in [0.05, 0.1) is 18.2 Å². The van der Waals surface area contributed by atoms with Crippen molar-refractivity contribution in [3.05, 3.63) is 30.0 Å². The first kappa shape index (κ1) is 23.8. The van der Waals surface area contributed by atoms with Crippen LogP contribution in [0.15, 0.2) is 33.7 Å². The molecule has 0 radical (unpaired) electrons. The summed E-state index contributed by atoms with van der Waals surface area (Å²) in [5.41, 5.74) is 0.557. The molecule has 0 saturated carbocycles. The van der Waals surface area contributed by atoms with Gasteiger partial charge in [0.1, 0.15) is 5.76 Å². The predicted octanol–water partition coefficient (Wildman–Crippen LogP) is 3.87. The number of nitrogens with zero attached hydrogens (tertiary/aromatic N) is 1. The van der Waals surface area contributed by atoms with Crippen molar-refractivity contribution in [1.29, 1.82) is 0 Å². The lowest BCUT2D eigenvalue weighted by molar-refractivity contribution is -0.0855. The number of halogens is 1. The monoisotopic (exact) mass is 517 g/mol. The maximum absolute atomic E-state index is 6.08. The Morgan fingerprint density at radius 1 is 1.31 bits per heavy atom. The van der Waals surface area contributed by atoms with E-state index in [0.717, 1.165) is 48.5 Å². The molecule has 2 N–H and O–H groups in total. The summed E-state index contributed by atoms with van der Waals surface area (Å²) in [4.78, 5) is 4.35. The zero-order chi connectivity index (χ0) is 20.0. The molecule has 1 aromatic carbocycles. The number of aliphatic imine (C=N–C) groups is 1. The van der Waals surface area contributed by atoms with Crippen molar-refractivity contribution in [3.63, 3.8) is 0 Å². The van der Waals surface area contributed by atoms with E-state index >= 15 is 0 Å². The molecule has 1 saturated heterocycles. The number of nitrogens with one attached hydrogen (secondary N) is 2. The van der Waals surface area contributed by atoms with Crippen molar-refractivity contribution < 1.29 is 18.6 Å². The zero-order valence-corrected chi connectivity index (χ0v) is 19.9. The first-order chi connectivity index (χ1) is 13.6. The molecule has 0 spiro atoms. The maximum Gasteiger partial charge on any atom is 0.191 e. The van der Waals surface area contributed by atoms with E-state index in [2.05, 4.69) is 15.6 Å². The van der Waals surface area contributed by atoms with Crippen LogP contribution in [0, 0.1) is 0 Å². The van der Waals surface area contributed by atoms with Crippen molar-refractivity contribution in [2.75, 3.05) is 40.5 Å². The summed E-state index contributed by atoms with van der Waals surface area (Å²) in [6, 6.07) is 7.91. The number of ether oxygens (including phenoxy) is 3. The summed E-state index contributed by atoms with van der Waals surface area (Å²) in [6.07, 6.45) is 1.74. The third kappa shape index (κ3) is 5.76. The molecule has 2 aromatic rings. The van der Waals surface area contributed by atoms with E-state index < -0.39 is 0 Å². The summed E-state index contributed by atoms with van der Waals surface area (Å²) >= 11 is 0. The molecule has 3 rings (SSSR count). The number of rotatable bonds is 7. The summed E-state index contributed by atoms with van der Waals surface area (Å²) in [7, 11) is 3.52. The first-order valence-corrected chi connectivity index (χ1v) is 9.86. The summed E-state index contributed by atoms with van der Waals surface area (Å²) in [5.74, 6) is 2.31. The van der Waals surface area contributed by atoms with Crippen LogP contribution in [0.1, 0.15) is 38.5 Å². The Labute approximate surface area is 189 Å². The molecular weight excluding hydrogens is 485 g/mol. The first-order valence-electron chi connectivity index (χ1n) is 9.86. The lowest BCUT2D eigenvalue weighted by Gasteiger charge is -2.36. The van der Waals surface area contributed by atoms with Gasteiger partial charge in [-0.3, -0.25) is 4.99 Å². The van der Waals surface area contributed by atoms with Crippen molar-refractivity contribution in [2.45, 2.75) is 38.3 Å². The van der Waals surface area contributed by atoms with Crippen LogP contribution in [-0.4, -0.2) is 52.1 Å². The average Bonchev–Trinajstić information content (AvgIpc) is 3.17. The lowest BCUT2D eigenvalue weighted by Crippen LogP contribution is -2.51. The van der Waals surface area contributed by atoms with Gasteiger partial charge in [-0.05, 0) is 26.0 Å². The quantitative estimate of drug-likeness (QED) is 0.330. The molecule has 0 aliphatic carbocycles. The Morgan fingerprint density at radius 3 is 2.72 bits per heavy atom. The molecule has 1 aliphatic rings. The van der Waals surface area contributed by atoms with Crippen molar-refractivity contribution in [2.24, 2.45) is 4.99 Å². The Balaban J connectivity index is 0.00000300. The fraction of sp³-hybridized carbons (Fsp3) is 0.571. The van der Waals surface area contributed by atoms with Crippen molar-refractivity contribution >= 4 is 40.9 Å². The van der Waals surface area contributed by atoms with Crippen LogP contribution in [0.4, 0.5) is 0 Å². The Kier molecular flexibility index (Phi) is 9.04. The van der Waals surface area contributed by atoms with Crippen LogP contribution >= 0.6 is 24.0 Å². The number of para-hydroxylation sites is 1. The number of hydrogen-bond donors (Lipinski definition) is 2. The minimum absolute atomic E-state index is 0. The molecule has 1 unspecified atom stereocenters. The normalized spacial score (nSPS) is 17.4. The van der Waals surface area contributed by atoms with Gasteiger partial charge in [-0.2, -0.15) is 0 Å². The molecule has 0 bridgehead atoms. The fourth-order valence-corrected chi connectivity index (χ4v) is 3.45. The molecule has 0 amide bonds. The molecular formula is C21H32IN3O4. The van der Waals surface area contributed by atoms with E-state index in [4.69, 9.17) is 18.6 Å². The second-order valence-corrected chi connectivity index (χ2v) is 7.05. The highest BCUT2D eigenvalue weighted by Gasteiger charge is 2.32. The Hall–Kier alpha value is -1.52. The van der Waals surface area contributed by atoms with Gasteiger partial charge in [0.25, 0.3) is 0 Å². The zero-order valence-electron chi connectivity index (χ0n) is 17.6. The number of furan rings is 1. The van der Waals surface area contributed by atoms with Crippen LogP contribution < -0.4 is 15.4 Å². The van der Waals surface area contributed by atoms with E-state index in [1.54, 1.807) is 14.2 Å². The second-order valence-electron chi connectivity index (χ2n) is 7.05. The van der Waals surface area contributed by atoms with Gasteiger partial charge in [0.15, 0.2) is 17.3 Å². The average molecular weight is 517 g/mol. The third-order valence-electron chi connectivity index (χ3n) is 5.25. The number of methoxy groups -OCH3 is 1. The smallest absolute Gasteiger partial charge is 0.191 e. The van der Waals surface area contributed by atoms with Crippen LogP contribution in [0.3, 0.4) is 0 Å². The Morgan fingerprint density at radius 2 is 2.07 bits per heavy atom. The highest BCUT2D eigenvalue weighted by atomic mass is 127. The van der Waals surface area contributed by atoms with E-state index in [0.29, 0.717) is 19.1 Å². The molecule has 2 heterocycles. The SMILES string of the molecule is CCOc1cccc2cc(C(C)NC(=NC)NCC3(OC)CCOCC3)oc12.I. The molecule has 1 aromatic heterocycles. The molecule has 1 fully saturated rings. The molecule has 162 valence electrons. The summed E-state index contributed by atoms with van der Waals surface area (Å²) in [5, 5.41) is 7.81. The Bertz CT molecular complexity index is 802. The number of fused-ring (bicyclic) bond motifs is 1. The fourth-order valence-electron chi connectivity index (χ4n) is 3.45. The summed E-state index contributed by atoms with van der Waals surface area (Å²) < 4.78 is 23.0. The molecule has 29 heavy (non-hydrogen) atoms. The minimum Gasteiger partial charge on any atom is -0.490 e. The van der Waals surface area contributed by atoms with E-state index in [-0.39, 0.29) is 35.6 Å². The van der Waals surface area contributed by atoms with Crippen LogP contribution in [0.2, 0.25) is 0 Å². The molecule has 1 atom stereocenters. The van der Waals surface area contributed by atoms with Crippen LogP contribution in [0.5, 0.6) is 5.75 Å². The number of guanidine groups is 1. The van der Waals surface area contributed by atoms with Gasteiger partial charge in [-0.15, -0.1) is 24.0 Å². The minimum atomic E-state index is -0.217. The summed E-state index contributed by atoms with van der Waals surface area (Å²) in [6.45, 7) is 6.73. The standard InChI is InChI=1S/C21H31N3O4.HI/c1-5-27-17-8-6-7-16-13-18(28-19(16)17)15(2)24-20(22-3)23-14-21(25-4)9-11-26-12-10-21;/h6-8,13,15H,5,9-12,14H2,1-4H3,(H2,22,23,24);1H. The van der Waals surface area contributed by atoms with Crippen LogP contribution in [0.25, 0.3) is 11.0 Å². The second kappa shape index (κ2) is 11.0. The van der Waals surface area contributed by atoms with Gasteiger partial charge in [0.2, 0.25) is 0 Å². The van der Waals surface area contributed by atoms with Crippen molar-refractivity contribution in [3.8, 4) is 5.75 Å². The topological polar surface area (TPSA) is 77.2 Å². The predicted molar refractivity (Wildman–Crippen MR) is 126 cm³/mol. The van der Waals surface area contributed by atoms with Gasteiger partial charge in [-0.1, -0.05) is 12.1 Å². The number of benzene rings is 1.